The predicted molar refractivity (Wildman–Crippen MR) is 75.8 cm³/mol. The lowest BCUT2D eigenvalue weighted by Gasteiger charge is -2.18. The van der Waals surface area contributed by atoms with Crippen molar-refractivity contribution in [2.75, 3.05) is 5.73 Å². The third kappa shape index (κ3) is 3.28. The summed E-state index contributed by atoms with van der Waals surface area (Å²) in [6.45, 7) is 0. The Labute approximate surface area is 114 Å². The predicted octanol–water partition coefficient (Wildman–Crippen LogP) is 1.88. The molecular formula is C14H20N2O2S. The molecular weight excluding hydrogens is 260 g/mol. The highest BCUT2D eigenvalue weighted by Crippen LogP contribution is 2.44. The molecule has 2 fully saturated rings. The third-order valence-electron chi connectivity index (χ3n) is 3.98. The van der Waals surface area contributed by atoms with E-state index in [0.717, 1.165) is 25.7 Å². The zero-order chi connectivity index (χ0) is 13.5. The van der Waals surface area contributed by atoms with E-state index < -0.39 is 10.0 Å². The number of anilines is 1. The van der Waals surface area contributed by atoms with Crippen LogP contribution in [0.2, 0.25) is 0 Å². The Morgan fingerprint density at radius 1 is 1.16 bits per heavy atom. The molecule has 19 heavy (non-hydrogen) atoms. The zero-order valence-electron chi connectivity index (χ0n) is 10.9. The molecule has 1 aromatic carbocycles. The largest absolute Gasteiger partial charge is 0.398 e. The van der Waals surface area contributed by atoms with Crippen LogP contribution in [0.3, 0.4) is 0 Å². The van der Waals surface area contributed by atoms with Crippen LogP contribution in [-0.2, 0) is 15.8 Å². The molecule has 3 N–H and O–H groups in total. The van der Waals surface area contributed by atoms with Gasteiger partial charge in [0.25, 0.3) is 0 Å². The summed E-state index contributed by atoms with van der Waals surface area (Å²) in [5.74, 6) is 1.11. The van der Waals surface area contributed by atoms with Gasteiger partial charge < -0.3 is 5.73 Å². The number of para-hydroxylation sites is 1. The van der Waals surface area contributed by atoms with E-state index in [9.17, 15) is 8.42 Å². The Kier molecular flexibility index (Phi) is 3.27. The first kappa shape index (κ1) is 12.9. The minimum atomic E-state index is -3.30. The van der Waals surface area contributed by atoms with Gasteiger partial charge in [0.15, 0.2) is 0 Å². The maximum atomic E-state index is 12.3. The molecule has 2 saturated carbocycles. The fourth-order valence-corrected chi connectivity index (χ4v) is 4.16. The van der Waals surface area contributed by atoms with Gasteiger partial charge in [-0.2, -0.15) is 0 Å². The Morgan fingerprint density at radius 2 is 1.74 bits per heavy atom. The van der Waals surface area contributed by atoms with Gasteiger partial charge in [0.2, 0.25) is 10.0 Å². The van der Waals surface area contributed by atoms with Crippen LogP contribution < -0.4 is 10.5 Å². The minimum Gasteiger partial charge on any atom is -0.398 e. The number of rotatable bonds is 6. The number of nitrogens with two attached hydrogens (primary N) is 1. The van der Waals surface area contributed by atoms with Crippen molar-refractivity contribution in [3.63, 3.8) is 0 Å². The second-order valence-electron chi connectivity index (χ2n) is 5.78. The molecule has 0 bridgehead atoms. The lowest BCUT2D eigenvalue weighted by atomic mass is 10.1. The molecule has 1 aromatic rings. The molecule has 0 saturated heterocycles. The molecule has 2 aliphatic rings. The summed E-state index contributed by atoms with van der Waals surface area (Å²) < 4.78 is 27.4. The molecule has 0 aromatic heterocycles. The number of hydrogen-bond acceptors (Lipinski definition) is 3. The van der Waals surface area contributed by atoms with Crippen molar-refractivity contribution in [1.82, 2.24) is 4.72 Å². The van der Waals surface area contributed by atoms with E-state index in [2.05, 4.69) is 4.72 Å². The maximum Gasteiger partial charge on any atom is 0.216 e. The van der Waals surface area contributed by atoms with Crippen molar-refractivity contribution in [3.8, 4) is 0 Å². The average molecular weight is 280 g/mol. The topological polar surface area (TPSA) is 72.2 Å². The molecule has 0 unspecified atom stereocenters. The molecule has 5 heteroatoms. The lowest BCUT2D eigenvalue weighted by Crippen LogP contribution is -2.38. The van der Waals surface area contributed by atoms with Crippen molar-refractivity contribution >= 4 is 15.7 Å². The van der Waals surface area contributed by atoms with Crippen LogP contribution in [0.1, 0.15) is 31.2 Å². The zero-order valence-corrected chi connectivity index (χ0v) is 11.7. The van der Waals surface area contributed by atoms with E-state index in [1.807, 2.05) is 12.1 Å². The molecule has 0 heterocycles. The monoisotopic (exact) mass is 280 g/mol. The second kappa shape index (κ2) is 4.80. The van der Waals surface area contributed by atoms with Crippen molar-refractivity contribution in [2.24, 2.45) is 11.8 Å². The number of nitrogen functional groups attached to an aromatic ring is 1. The summed E-state index contributed by atoms with van der Waals surface area (Å²) in [6, 6.07) is 7.31. The highest BCUT2D eigenvalue weighted by atomic mass is 32.2. The van der Waals surface area contributed by atoms with Gasteiger partial charge in [-0.3, -0.25) is 0 Å². The van der Waals surface area contributed by atoms with E-state index in [1.54, 1.807) is 12.1 Å². The summed E-state index contributed by atoms with van der Waals surface area (Å²) in [5, 5.41) is 0. The number of benzene rings is 1. The van der Waals surface area contributed by atoms with E-state index in [-0.39, 0.29) is 11.8 Å². The highest BCUT2D eigenvalue weighted by Gasteiger charge is 2.43. The third-order valence-corrected chi connectivity index (χ3v) is 5.30. The minimum absolute atomic E-state index is 0.0182. The average Bonchev–Trinajstić information content (AvgIpc) is 3.23. The second-order valence-corrected chi connectivity index (χ2v) is 7.53. The summed E-state index contributed by atoms with van der Waals surface area (Å²) in [7, 11) is -3.30. The molecule has 0 aliphatic heterocycles. The van der Waals surface area contributed by atoms with Crippen molar-refractivity contribution < 1.29 is 8.42 Å². The number of sulfonamides is 1. The summed E-state index contributed by atoms with van der Waals surface area (Å²) >= 11 is 0. The molecule has 2 aliphatic carbocycles. The van der Waals surface area contributed by atoms with Gasteiger partial charge >= 0.3 is 0 Å². The van der Waals surface area contributed by atoms with Crippen LogP contribution >= 0.6 is 0 Å². The number of nitrogens with one attached hydrogen (secondary N) is 1. The van der Waals surface area contributed by atoms with Gasteiger partial charge in [0.1, 0.15) is 0 Å². The molecule has 0 spiro atoms. The molecule has 0 amide bonds. The summed E-state index contributed by atoms with van der Waals surface area (Å²) in [4.78, 5) is 0. The van der Waals surface area contributed by atoms with Crippen LogP contribution in [0, 0.1) is 11.8 Å². The maximum absolute atomic E-state index is 12.3. The van der Waals surface area contributed by atoms with Gasteiger partial charge in [0.05, 0.1) is 5.75 Å². The van der Waals surface area contributed by atoms with Gasteiger partial charge in [-0.05, 0) is 49.1 Å². The van der Waals surface area contributed by atoms with Crippen LogP contribution in [0.5, 0.6) is 0 Å². The first-order valence-corrected chi connectivity index (χ1v) is 8.54. The molecule has 0 atom stereocenters. The Bertz CT molecular complexity index is 551. The molecule has 104 valence electrons. The van der Waals surface area contributed by atoms with Crippen LogP contribution in [0.15, 0.2) is 24.3 Å². The molecule has 0 radical (unpaired) electrons. The van der Waals surface area contributed by atoms with Gasteiger partial charge in [0, 0.05) is 11.7 Å². The fraction of sp³-hybridized carbons (Fsp3) is 0.571. The highest BCUT2D eigenvalue weighted by molar-refractivity contribution is 7.88. The van der Waals surface area contributed by atoms with E-state index in [1.165, 1.54) is 0 Å². The van der Waals surface area contributed by atoms with E-state index >= 15 is 0 Å². The van der Waals surface area contributed by atoms with Crippen LogP contribution in [0.25, 0.3) is 0 Å². The van der Waals surface area contributed by atoms with Gasteiger partial charge in [-0.1, -0.05) is 18.2 Å². The lowest BCUT2D eigenvalue weighted by molar-refractivity contribution is 0.471. The van der Waals surface area contributed by atoms with E-state index in [0.29, 0.717) is 23.1 Å². The first-order chi connectivity index (χ1) is 9.05. The van der Waals surface area contributed by atoms with E-state index in [4.69, 9.17) is 5.73 Å². The van der Waals surface area contributed by atoms with Crippen molar-refractivity contribution in [2.45, 2.75) is 37.5 Å². The Morgan fingerprint density at radius 3 is 2.26 bits per heavy atom. The Hall–Kier alpha value is -1.07. The van der Waals surface area contributed by atoms with Crippen molar-refractivity contribution in [1.29, 1.82) is 0 Å². The summed E-state index contributed by atoms with van der Waals surface area (Å²) in [5.41, 5.74) is 7.04. The summed E-state index contributed by atoms with van der Waals surface area (Å²) in [6.07, 6.45) is 4.66. The molecule has 3 rings (SSSR count). The van der Waals surface area contributed by atoms with Crippen LogP contribution in [-0.4, -0.2) is 14.5 Å². The molecule has 4 nitrogen and oxygen atoms in total. The first-order valence-electron chi connectivity index (χ1n) is 6.88. The van der Waals surface area contributed by atoms with Crippen molar-refractivity contribution in [3.05, 3.63) is 29.8 Å². The SMILES string of the molecule is Nc1ccccc1CS(=O)(=O)NC(C1CC1)C1CC1. The normalized spacial score (nSPS) is 19.8. The van der Waals surface area contributed by atoms with Crippen LogP contribution in [0.4, 0.5) is 5.69 Å². The van der Waals surface area contributed by atoms with Gasteiger partial charge in [-0.15, -0.1) is 0 Å². The standard InChI is InChI=1S/C14H20N2O2S/c15-13-4-2-1-3-12(13)9-19(17,18)16-14(10-5-6-10)11-7-8-11/h1-4,10-11,14,16H,5-9,15H2. The smallest absolute Gasteiger partial charge is 0.216 e. The fourth-order valence-electron chi connectivity index (χ4n) is 2.61. The quantitative estimate of drug-likeness (QED) is 0.781. The number of hydrogen-bond donors (Lipinski definition) is 2. The van der Waals surface area contributed by atoms with Gasteiger partial charge in [-0.25, -0.2) is 13.1 Å². The Balaban J connectivity index is 1.70.